The smallest absolute Gasteiger partial charge is 0.311 e. The van der Waals surface area contributed by atoms with Crippen molar-refractivity contribution < 1.29 is 9.53 Å². The van der Waals surface area contributed by atoms with Crippen LogP contribution in [0, 0.1) is 5.41 Å². The zero-order valence-electron chi connectivity index (χ0n) is 14.2. The summed E-state index contributed by atoms with van der Waals surface area (Å²) in [5.41, 5.74) is -0.444. The molecule has 2 rings (SSSR count). The van der Waals surface area contributed by atoms with Crippen LogP contribution >= 0.6 is 7.92 Å². The van der Waals surface area contributed by atoms with Crippen LogP contribution in [0.2, 0.25) is 0 Å². The second-order valence-corrected chi connectivity index (χ2v) is 8.51. The summed E-state index contributed by atoms with van der Waals surface area (Å²) >= 11 is 0. The van der Waals surface area contributed by atoms with E-state index in [1.807, 2.05) is 32.9 Å². The first-order valence-electron chi connectivity index (χ1n) is 8.09. The fourth-order valence-corrected chi connectivity index (χ4v) is 5.10. The summed E-state index contributed by atoms with van der Waals surface area (Å²) in [5.74, 6) is -0.101. The number of carbonyl (C=O) groups is 1. The Morgan fingerprint density at radius 1 is 0.957 bits per heavy atom. The van der Waals surface area contributed by atoms with Gasteiger partial charge in [-0.25, -0.2) is 0 Å². The van der Waals surface area contributed by atoms with Crippen LogP contribution in [0.25, 0.3) is 0 Å². The van der Waals surface area contributed by atoms with Crippen LogP contribution < -0.4 is 10.6 Å². The predicted octanol–water partition coefficient (Wildman–Crippen LogP) is 4.10. The van der Waals surface area contributed by atoms with Crippen molar-refractivity contribution in [2.75, 3.05) is 12.8 Å². The summed E-state index contributed by atoms with van der Waals surface area (Å²) in [5, 5.41) is 2.71. The number of rotatable bonds is 7. The number of ether oxygens (including phenoxy) is 1. The van der Waals surface area contributed by atoms with Crippen LogP contribution in [-0.2, 0) is 9.53 Å². The molecule has 0 amide bonds. The van der Waals surface area contributed by atoms with E-state index in [1.165, 1.54) is 10.6 Å². The highest BCUT2D eigenvalue weighted by Crippen LogP contribution is 2.38. The Morgan fingerprint density at radius 2 is 1.43 bits per heavy atom. The molecule has 0 saturated heterocycles. The lowest BCUT2D eigenvalue weighted by molar-refractivity contribution is -0.153. The molecule has 0 N–H and O–H groups in total. The van der Waals surface area contributed by atoms with Crippen LogP contribution in [0.4, 0.5) is 0 Å². The molecule has 0 radical (unpaired) electrons. The lowest BCUT2D eigenvalue weighted by atomic mass is 9.90. The van der Waals surface area contributed by atoms with Gasteiger partial charge in [0.1, 0.15) is 0 Å². The topological polar surface area (TPSA) is 26.3 Å². The number of carbonyl (C=O) groups excluding carboxylic acids is 1. The molecule has 0 aliphatic rings. The average Bonchev–Trinajstić information content (AvgIpc) is 2.57. The normalized spacial score (nSPS) is 11.5. The van der Waals surface area contributed by atoms with E-state index in [-0.39, 0.29) is 5.97 Å². The van der Waals surface area contributed by atoms with Gasteiger partial charge in [0.25, 0.3) is 0 Å². The van der Waals surface area contributed by atoms with E-state index in [4.69, 9.17) is 4.74 Å². The van der Waals surface area contributed by atoms with Crippen molar-refractivity contribution in [1.82, 2.24) is 0 Å². The standard InChI is InChI=1S/C20H25O2P/c1-4-22-19(21)20(2,3)15-16-23(17-11-7-5-8-12-17)18-13-9-6-10-14-18/h5-14H,4,15-16H2,1-3H3. The first-order valence-corrected chi connectivity index (χ1v) is 9.62. The van der Waals surface area contributed by atoms with Gasteiger partial charge in [-0.3, -0.25) is 4.79 Å². The van der Waals surface area contributed by atoms with Gasteiger partial charge in [0.2, 0.25) is 0 Å². The van der Waals surface area contributed by atoms with Gasteiger partial charge >= 0.3 is 5.97 Å². The highest BCUT2D eigenvalue weighted by Gasteiger charge is 2.30. The SMILES string of the molecule is CCOC(=O)C(C)(C)CCP(c1ccccc1)c1ccccc1. The summed E-state index contributed by atoms with van der Waals surface area (Å²) in [4.78, 5) is 12.1. The maximum Gasteiger partial charge on any atom is 0.311 e. The molecule has 0 bridgehead atoms. The second kappa shape index (κ2) is 8.26. The van der Waals surface area contributed by atoms with Crippen molar-refractivity contribution >= 4 is 24.5 Å². The minimum absolute atomic E-state index is 0.101. The van der Waals surface area contributed by atoms with Crippen molar-refractivity contribution in [2.45, 2.75) is 27.2 Å². The molecule has 0 fully saturated rings. The van der Waals surface area contributed by atoms with Gasteiger partial charge in [-0.05, 0) is 51.9 Å². The molecule has 3 heteroatoms. The molecule has 0 aromatic heterocycles. The molecule has 122 valence electrons. The Bertz CT molecular complexity index is 569. The maximum atomic E-state index is 12.1. The lowest BCUT2D eigenvalue weighted by Crippen LogP contribution is -2.28. The summed E-state index contributed by atoms with van der Waals surface area (Å²) in [6.07, 6.45) is 1.80. The third kappa shape index (κ3) is 4.91. The summed E-state index contributed by atoms with van der Waals surface area (Å²) < 4.78 is 5.22. The van der Waals surface area contributed by atoms with Crippen molar-refractivity contribution in [2.24, 2.45) is 5.41 Å². The molecule has 0 heterocycles. The van der Waals surface area contributed by atoms with E-state index in [2.05, 4.69) is 48.5 Å². The van der Waals surface area contributed by atoms with E-state index in [0.29, 0.717) is 6.61 Å². The number of hydrogen-bond acceptors (Lipinski definition) is 2. The Morgan fingerprint density at radius 3 is 1.87 bits per heavy atom. The van der Waals surface area contributed by atoms with E-state index in [0.717, 1.165) is 12.6 Å². The summed E-state index contributed by atoms with van der Waals surface area (Å²) in [6.45, 7) is 6.26. The maximum absolute atomic E-state index is 12.1. The highest BCUT2D eigenvalue weighted by atomic mass is 31.1. The Labute approximate surface area is 140 Å². The molecule has 0 saturated carbocycles. The summed E-state index contributed by atoms with van der Waals surface area (Å²) in [6, 6.07) is 21.2. The number of esters is 1. The Balaban J connectivity index is 2.18. The van der Waals surface area contributed by atoms with Gasteiger partial charge in [0.15, 0.2) is 0 Å². The van der Waals surface area contributed by atoms with Crippen LogP contribution in [0.3, 0.4) is 0 Å². The van der Waals surface area contributed by atoms with E-state index < -0.39 is 13.3 Å². The quantitative estimate of drug-likeness (QED) is 0.565. The molecule has 0 aliphatic heterocycles. The largest absolute Gasteiger partial charge is 0.466 e. The van der Waals surface area contributed by atoms with E-state index in [1.54, 1.807) is 0 Å². The molecule has 2 aromatic carbocycles. The first-order chi connectivity index (χ1) is 11.0. The zero-order valence-corrected chi connectivity index (χ0v) is 15.1. The summed E-state index contributed by atoms with van der Waals surface area (Å²) in [7, 11) is -0.457. The minimum atomic E-state index is -0.457. The molecule has 2 nitrogen and oxygen atoms in total. The second-order valence-electron chi connectivity index (χ2n) is 6.18. The molecule has 2 aromatic rings. The van der Waals surface area contributed by atoms with Gasteiger partial charge in [-0.2, -0.15) is 0 Å². The van der Waals surface area contributed by atoms with Crippen LogP contribution in [0.5, 0.6) is 0 Å². The third-order valence-electron chi connectivity index (χ3n) is 3.92. The monoisotopic (exact) mass is 328 g/mol. The fraction of sp³-hybridized carbons (Fsp3) is 0.350. The molecule has 23 heavy (non-hydrogen) atoms. The van der Waals surface area contributed by atoms with Crippen LogP contribution in [0.1, 0.15) is 27.2 Å². The van der Waals surface area contributed by atoms with Gasteiger partial charge in [-0.1, -0.05) is 60.7 Å². The highest BCUT2D eigenvalue weighted by molar-refractivity contribution is 7.73. The van der Waals surface area contributed by atoms with Gasteiger partial charge in [0, 0.05) is 0 Å². The van der Waals surface area contributed by atoms with Gasteiger partial charge in [-0.15, -0.1) is 0 Å². The predicted molar refractivity (Wildman–Crippen MR) is 99.0 cm³/mol. The molecular weight excluding hydrogens is 303 g/mol. The molecule has 0 aliphatic carbocycles. The third-order valence-corrected chi connectivity index (χ3v) is 6.44. The van der Waals surface area contributed by atoms with Gasteiger partial charge < -0.3 is 4.74 Å². The first kappa shape index (κ1) is 17.7. The van der Waals surface area contributed by atoms with E-state index in [9.17, 15) is 4.79 Å². The Kier molecular flexibility index (Phi) is 6.36. The lowest BCUT2D eigenvalue weighted by Gasteiger charge is -2.26. The molecule has 0 spiro atoms. The van der Waals surface area contributed by atoms with Crippen molar-refractivity contribution in [3.8, 4) is 0 Å². The van der Waals surface area contributed by atoms with Gasteiger partial charge in [0.05, 0.1) is 12.0 Å². The zero-order chi connectivity index (χ0) is 16.7. The average molecular weight is 328 g/mol. The van der Waals surface area contributed by atoms with Crippen molar-refractivity contribution in [3.63, 3.8) is 0 Å². The van der Waals surface area contributed by atoms with Crippen LogP contribution in [0.15, 0.2) is 60.7 Å². The molecule has 0 unspecified atom stereocenters. The van der Waals surface area contributed by atoms with Crippen LogP contribution in [-0.4, -0.2) is 18.7 Å². The number of hydrogen-bond donors (Lipinski definition) is 0. The minimum Gasteiger partial charge on any atom is -0.466 e. The number of benzene rings is 2. The fourth-order valence-electron chi connectivity index (χ4n) is 2.44. The Hall–Kier alpha value is -1.66. The van der Waals surface area contributed by atoms with Crippen molar-refractivity contribution in [1.29, 1.82) is 0 Å². The van der Waals surface area contributed by atoms with E-state index >= 15 is 0 Å². The molecule has 0 atom stereocenters. The van der Waals surface area contributed by atoms with Crippen molar-refractivity contribution in [3.05, 3.63) is 60.7 Å². The molecular formula is C20H25O2P.